The Bertz CT molecular complexity index is 546. The Morgan fingerprint density at radius 1 is 1.09 bits per heavy atom. The molecule has 0 N–H and O–H groups in total. The second-order valence-corrected chi connectivity index (χ2v) is 6.66. The summed E-state index contributed by atoms with van der Waals surface area (Å²) in [4.78, 5) is 14.4. The van der Waals surface area contributed by atoms with Crippen LogP contribution in [0.3, 0.4) is 0 Å². The van der Waals surface area contributed by atoms with Crippen LogP contribution in [0, 0.1) is 5.41 Å². The van der Waals surface area contributed by atoms with Gasteiger partial charge in [0.05, 0.1) is 13.2 Å². The van der Waals surface area contributed by atoms with Crippen LogP contribution < -0.4 is 9.47 Å². The molecule has 0 radical (unpaired) electrons. The van der Waals surface area contributed by atoms with E-state index in [2.05, 4.69) is 6.07 Å². The summed E-state index contributed by atoms with van der Waals surface area (Å²) < 4.78 is 11.4. The number of fused-ring (bicyclic) bond motifs is 1. The van der Waals surface area contributed by atoms with Gasteiger partial charge in [-0.05, 0) is 43.5 Å². The highest BCUT2D eigenvalue weighted by molar-refractivity contribution is 5.81. The molecule has 2 rings (SSSR count). The van der Waals surface area contributed by atoms with Gasteiger partial charge in [-0.3, -0.25) is 4.79 Å². The van der Waals surface area contributed by atoms with E-state index >= 15 is 0 Å². The van der Waals surface area contributed by atoms with Crippen molar-refractivity contribution < 1.29 is 14.3 Å². The van der Waals surface area contributed by atoms with E-state index in [4.69, 9.17) is 9.47 Å². The molecule has 1 aliphatic rings. The van der Waals surface area contributed by atoms with Gasteiger partial charge in [0.25, 0.3) is 0 Å². The smallest absolute Gasteiger partial charge is 0.228 e. The molecule has 1 aromatic rings. The molecule has 0 atom stereocenters. The van der Waals surface area contributed by atoms with Gasteiger partial charge in [-0.15, -0.1) is 0 Å². The van der Waals surface area contributed by atoms with Gasteiger partial charge in [-0.2, -0.15) is 0 Å². The first kappa shape index (κ1) is 16.7. The second-order valence-electron chi connectivity index (χ2n) is 6.66. The minimum Gasteiger partial charge on any atom is -0.490 e. The van der Waals surface area contributed by atoms with Gasteiger partial charge >= 0.3 is 0 Å². The van der Waals surface area contributed by atoms with Crippen LogP contribution in [-0.2, 0) is 17.8 Å². The Morgan fingerprint density at radius 3 is 2.14 bits per heavy atom. The highest BCUT2D eigenvalue weighted by atomic mass is 16.5. The van der Waals surface area contributed by atoms with Gasteiger partial charge < -0.3 is 14.4 Å². The fourth-order valence-corrected chi connectivity index (χ4v) is 2.75. The molecule has 1 aromatic carbocycles. The van der Waals surface area contributed by atoms with Crippen LogP contribution >= 0.6 is 0 Å². The van der Waals surface area contributed by atoms with Crippen LogP contribution in [0.2, 0.25) is 0 Å². The van der Waals surface area contributed by atoms with Crippen molar-refractivity contribution in [3.8, 4) is 11.5 Å². The molecule has 0 saturated carbocycles. The summed E-state index contributed by atoms with van der Waals surface area (Å²) in [5, 5.41) is 0. The summed E-state index contributed by atoms with van der Waals surface area (Å²) in [6, 6.07) is 4.11. The van der Waals surface area contributed by atoms with Crippen LogP contribution in [0.4, 0.5) is 0 Å². The predicted molar refractivity (Wildman–Crippen MR) is 87.4 cm³/mol. The number of benzene rings is 1. The molecule has 0 spiro atoms. The molecule has 0 bridgehead atoms. The third-order valence-corrected chi connectivity index (χ3v) is 3.81. The Hall–Kier alpha value is -1.71. The van der Waals surface area contributed by atoms with Crippen molar-refractivity contribution in [1.29, 1.82) is 0 Å². The summed E-state index contributed by atoms with van der Waals surface area (Å²) in [5.41, 5.74) is 2.08. The Labute approximate surface area is 133 Å². The van der Waals surface area contributed by atoms with Crippen LogP contribution in [0.1, 0.15) is 45.7 Å². The molecule has 0 fully saturated rings. The Morgan fingerprint density at radius 2 is 1.64 bits per heavy atom. The largest absolute Gasteiger partial charge is 0.490 e. The zero-order chi connectivity index (χ0) is 16.3. The molecule has 0 unspecified atom stereocenters. The molecule has 1 amide bonds. The van der Waals surface area contributed by atoms with Crippen molar-refractivity contribution in [2.45, 2.75) is 47.6 Å². The van der Waals surface area contributed by atoms with E-state index in [0.717, 1.165) is 30.0 Å². The third kappa shape index (κ3) is 3.54. The lowest BCUT2D eigenvalue weighted by molar-refractivity contribution is -0.140. The normalized spacial score (nSPS) is 14.5. The third-order valence-electron chi connectivity index (χ3n) is 3.81. The quantitative estimate of drug-likeness (QED) is 0.855. The molecule has 122 valence electrons. The summed E-state index contributed by atoms with van der Waals surface area (Å²) >= 11 is 0. The van der Waals surface area contributed by atoms with E-state index in [0.29, 0.717) is 19.8 Å². The number of nitrogens with zero attached hydrogens (tertiary/aromatic N) is 1. The molecular weight excluding hydrogens is 278 g/mol. The van der Waals surface area contributed by atoms with Gasteiger partial charge in [-0.25, -0.2) is 0 Å². The lowest BCUT2D eigenvalue weighted by Gasteiger charge is -2.34. The fraction of sp³-hybridized carbons (Fsp3) is 0.611. The number of hydrogen-bond donors (Lipinski definition) is 0. The first-order chi connectivity index (χ1) is 10.4. The fourth-order valence-electron chi connectivity index (χ4n) is 2.75. The minimum atomic E-state index is -0.342. The number of hydrogen-bond acceptors (Lipinski definition) is 3. The number of carbonyl (C=O) groups excluding carboxylic acids is 1. The summed E-state index contributed by atoms with van der Waals surface area (Å²) in [6.07, 6.45) is 0.865. The van der Waals surface area contributed by atoms with Gasteiger partial charge in [0.2, 0.25) is 5.91 Å². The molecule has 0 aromatic heterocycles. The molecule has 4 nitrogen and oxygen atoms in total. The number of carbonyl (C=O) groups is 1. The van der Waals surface area contributed by atoms with E-state index in [-0.39, 0.29) is 11.3 Å². The number of ether oxygens (including phenoxy) is 2. The zero-order valence-electron chi connectivity index (χ0n) is 14.4. The Kier molecular flexibility index (Phi) is 4.99. The van der Waals surface area contributed by atoms with Crippen LogP contribution in [0.5, 0.6) is 11.5 Å². The highest BCUT2D eigenvalue weighted by Crippen LogP contribution is 2.34. The molecule has 0 aliphatic carbocycles. The maximum Gasteiger partial charge on any atom is 0.228 e. The van der Waals surface area contributed by atoms with Crippen LogP contribution in [0.15, 0.2) is 12.1 Å². The first-order valence-corrected chi connectivity index (χ1v) is 8.07. The second kappa shape index (κ2) is 6.59. The van der Waals surface area contributed by atoms with Crippen LogP contribution in [0.25, 0.3) is 0 Å². The predicted octanol–water partition coefficient (Wildman–Crippen LogP) is 3.41. The topological polar surface area (TPSA) is 38.8 Å². The molecule has 22 heavy (non-hydrogen) atoms. The van der Waals surface area contributed by atoms with E-state index < -0.39 is 0 Å². The minimum absolute atomic E-state index is 0.199. The maximum absolute atomic E-state index is 12.5. The number of rotatable bonds is 4. The van der Waals surface area contributed by atoms with Crippen molar-refractivity contribution in [3.63, 3.8) is 0 Å². The first-order valence-electron chi connectivity index (χ1n) is 8.07. The van der Waals surface area contributed by atoms with E-state index in [1.165, 1.54) is 5.56 Å². The van der Waals surface area contributed by atoms with Crippen molar-refractivity contribution in [2.24, 2.45) is 5.41 Å². The lowest BCUT2D eigenvalue weighted by atomic mass is 9.92. The zero-order valence-corrected chi connectivity index (χ0v) is 14.4. The van der Waals surface area contributed by atoms with Gasteiger partial charge in [0.1, 0.15) is 0 Å². The lowest BCUT2D eigenvalue weighted by Crippen LogP contribution is -2.42. The number of amides is 1. The molecule has 1 heterocycles. The van der Waals surface area contributed by atoms with Crippen molar-refractivity contribution in [2.75, 3.05) is 19.8 Å². The summed E-state index contributed by atoms with van der Waals surface area (Å²) in [5.74, 6) is 1.77. The molecule has 0 saturated heterocycles. The van der Waals surface area contributed by atoms with Crippen molar-refractivity contribution in [1.82, 2.24) is 4.90 Å². The van der Waals surface area contributed by atoms with Gasteiger partial charge in [0.15, 0.2) is 11.5 Å². The summed E-state index contributed by atoms with van der Waals surface area (Å²) in [7, 11) is 0. The summed E-state index contributed by atoms with van der Waals surface area (Å²) in [6.45, 7) is 12.5. The molecule has 4 heteroatoms. The maximum atomic E-state index is 12.5. The van der Waals surface area contributed by atoms with Crippen molar-refractivity contribution >= 4 is 5.91 Å². The SMILES string of the molecule is CCOc1cc2c(cc1OCC)CN(C(=O)C(C)(C)C)CC2. The van der Waals surface area contributed by atoms with Crippen molar-refractivity contribution in [3.05, 3.63) is 23.3 Å². The average Bonchev–Trinajstić information content (AvgIpc) is 2.46. The average molecular weight is 305 g/mol. The van der Waals surface area contributed by atoms with E-state index in [9.17, 15) is 4.79 Å². The van der Waals surface area contributed by atoms with E-state index in [1.54, 1.807) is 0 Å². The highest BCUT2D eigenvalue weighted by Gasteiger charge is 2.30. The Balaban J connectivity index is 2.27. The monoisotopic (exact) mass is 305 g/mol. The van der Waals surface area contributed by atoms with Crippen LogP contribution in [-0.4, -0.2) is 30.6 Å². The molecular formula is C18H27NO3. The molecule has 1 aliphatic heterocycles. The van der Waals surface area contributed by atoms with E-state index in [1.807, 2.05) is 45.6 Å². The van der Waals surface area contributed by atoms with Gasteiger partial charge in [0, 0.05) is 18.5 Å². The van der Waals surface area contributed by atoms with Gasteiger partial charge in [-0.1, -0.05) is 20.8 Å². The standard InChI is InChI=1S/C18H27NO3/c1-6-21-15-10-13-8-9-19(17(20)18(3,4)5)12-14(13)11-16(15)22-7-2/h10-11H,6-9,12H2,1-5H3.